The first-order valence-electron chi connectivity index (χ1n) is 3.55. The van der Waals surface area contributed by atoms with E-state index in [1.165, 1.54) is 12.1 Å². The van der Waals surface area contributed by atoms with E-state index >= 15 is 0 Å². The normalized spacial score (nSPS) is 13.0. The van der Waals surface area contributed by atoms with Gasteiger partial charge in [-0.25, -0.2) is 4.39 Å². The third-order valence-corrected chi connectivity index (χ3v) is 2.02. The molecule has 1 aromatic carbocycles. The van der Waals surface area contributed by atoms with Crippen LogP contribution >= 0.6 is 15.9 Å². The molecule has 0 fully saturated rings. The zero-order valence-corrected chi connectivity index (χ0v) is 8.01. The van der Waals surface area contributed by atoms with Crippen molar-refractivity contribution in [2.24, 2.45) is 11.5 Å². The smallest absolute Gasteiger partial charge is 0.124 e. The Labute approximate surface area is 78.9 Å². The molecule has 4 heteroatoms. The highest BCUT2D eigenvalue weighted by atomic mass is 79.9. The molecular weight excluding hydrogens is 223 g/mol. The van der Waals surface area contributed by atoms with Gasteiger partial charge >= 0.3 is 0 Å². The summed E-state index contributed by atoms with van der Waals surface area (Å²) >= 11 is 3.17. The largest absolute Gasteiger partial charge is 0.329 e. The summed E-state index contributed by atoms with van der Waals surface area (Å²) in [4.78, 5) is 0. The Morgan fingerprint density at radius 2 is 2.08 bits per heavy atom. The lowest BCUT2D eigenvalue weighted by molar-refractivity contribution is 0.619. The molecule has 0 aromatic heterocycles. The van der Waals surface area contributed by atoms with Crippen molar-refractivity contribution < 1.29 is 4.39 Å². The minimum atomic E-state index is -0.303. The molecular formula is C8H10BrFN2. The van der Waals surface area contributed by atoms with Crippen LogP contribution in [-0.2, 0) is 0 Å². The molecule has 0 spiro atoms. The van der Waals surface area contributed by atoms with Gasteiger partial charge in [-0.15, -0.1) is 0 Å². The van der Waals surface area contributed by atoms with Crippen molar-refractivity contribution in [3.8, 4) is 0 Å². The molecule has 0 heterocycles. The molecule has 0 saturated carbocycles. The SMILES string of the molecule is NC[C@@H](N)c1cc(F)cc(Br)c1. The van der Waals surface area contributed by atoms with Gasteiger partial charge in [0, 0.05) is 17.1 Å². The van der Waals surface area contributed by atoms with Gasteiger partial charge in [0.1, 0.15) is 5.82 Å². The fourth-order valence-electron chi connectivity index (χ4n) is 0.925. The molecule has 0 saturated heterocycles. The molecule has 1 atom stereocenters. The highest BCUT2D eigenvalue weighted by Crippen LogP contribution is 2.18. The van der Waals surface area contributed by atoms with Gasteiger partial charge in [-0.1, -0.05) is 15.9 Å². The molecule has 0 aliphatic rings. The van der Waals surface area contributed by atoms with Crippen LogP contribution in [0.2, 0.25) is 0 Å². The zero-order valence-electron chi connectivity index (χ0n) is 6.43. The van der Waals surface area contributed by atoms with Crippen LogP contribution in [0.4, 0.5) is 4.39 Å². The van der Waals surface area contributed by atoms with Crippen molar-refractivity contribution >= 4 is 15.9 Å². The fraction of sp³-hybridized carbons (Fsp3) is 0.250. The molecule has 0 aliphatic carbocycles. The van der Waals surface area contributed by atoms with Crippen molar-refractivity contribution in [2.45, 2.75) is 6.04 Å². The van der Waals surface area contributed by atoms with E-state index in [2.05, 4.69) is 15.9 Å². The van der Waals surface area contributed by atoms with Gasteiger partial charge < -0.3 is 11.5 Å². The maximum absolute atomic E-state index is 12.8. The second-order valence-electron chi connectivity index (χ2n) is 2.54. The lowest BCUT2D eigenvalue weighted by Gasteiger charge is -2.09. The fourth-order valence-corrected chi connectivity index (χ4v) is 1.41. The van der Waals surface area contributed by atoms with Gasteiger partial charge in [0.25, 0.3) is 0 Å². The summed E-state index contributed by atoms with van der Waals surface area (Å²) in [5.74, 6) is -0.303. The molecule has 0 radical (unpaired) electrons. The first-order valence-corrected chi connectivity index (χ1v) is 4.34. The molecule has 2 nitrogen and oxygen atoms in total. The molecule has 1 aromatic rings. The van der Waals surface area contributed by atoms with Crippen molar-refractivity contribution in [3.05, 3.63) is 34.1 Å². The Morgan fingerprint density at radius 3 is 2.58 bits per heavy atom. The van der Waals surface area contributed by atoms with Gasteiger partial charge in [-0.2, -0.15) is 0 Å². The first kappa shape index (κ1) is 9.64. The van der Waals surface area contributed by atoms with Gasteiger partial charge in [-0.3, -0.25) is 0 Å². The molecule has 0 bridgehead atoms. The van der Waals surface area contributed by atoms with E-state index in [9.17, 15) is 4.39 Å². The van der Waals surface area contributed by atoms with Crippen molar-refractivity contribution in [1.29, 1.82) is 0 Å². The van der Waals surface area contributed by atoms with Gasteiger partial charge in [0.2, 0.25) is 0 Å². The van der Waals surface area contributed by atoms with Crippen molar-refractivity contribution in [3.63, 3.8) is 0 Å². The summed E-state index contributed by atoms with van der Waals surface area (Å²) in [6, 6.07) is 4.24. The Hall–Kier alpha value is -0.450. The minimum absolute atomic E-state index is 0.294. The summed E-state index contributed by atoms with van der Waals surface area (Å²) in [6.07, 6.45) is 0. The second kappa shape index (κ2) is 3.98. The number of hydrogen-bond acceptors (Lipinski definition) is 2. The molecule has 0 aliphatic heterocycles. The van der Waals surface area contributed by atoms with Crippen LogP contribution in [0.15, 0.2) is 22.7 Å². The summed E-state index contributed by atoms with van der Waals surface area (Å²) in [5, 5.41) is 0. The number of benzene rings is 1. The maximum atomic E-state index is 12.8. The van der Waals surface area contributed by atoms with Gasteiger partial charge in [0.05, 0.1) is 0 Å². The zero-order chi connectivity index (χ0) is 9.14. The Balaban J connectivity index is 3.00. The predicted octanol–water partition coefficient (Wildman–Crippen LogP) is 1.55. The first-order chi connectivity index (χ1) is 5.63. The van der Waals surface area contributed by atoms with E-state index in [4.69, 9.17) is 11.5 Å². The molecule has 0 amide bonds. The van der Waals surface area contributed by atoms with Crippen LogP contribution < -0.4 is 11.5 Å². The van der Waals surface area contributed by atoms with Crippen LogP contribution in [0.1, 0.15) is 11.6 Å². The summed E-state index contributed by atoms with van der Waals surface area (Å²) in [5.41, 5.74) is 11.7. The minimum Gasteiger partial charge on any atom is -0.329 e. The second-order valence-corrected chi connectivity index (χ2v) is 3.46. The van der Waals surface area contributed by atoms with E-state index in [0.717, 1.165) is 0 Å². The van der Waals surface area contributed by atoms with Crippen LogP contribution in [0.5, 0.6) is 0 Å². The monoisotopic (exact) mass is 232 g/mol. The summed E-state index contributed by atoms with van der Waals surface area (Å²) < 4.78 is 13.5. The summed E-state index contributed by atoms with van der Waals surface area (Å²) in [7, 11) is 0. The quantitative estimate of drug-likeness (QED) is 0.814. The van der Waals surface area contributed by atoms with Crippen molar-refractivity contribution in [2.75, 3.05) is 6.54 Å². The number of nitrogens with two attached hydrogens (primary N) is 2. The maximum Gasteiger partial charge on any atom is 0.124 e. The van der Waals surface area contributed by atoms with Crippen LogP contribution in [0.25, 0.3) is 0 Å². The highest BCUT2D eigenvalue weighted by molar-refractivity contribution is 9.10. The van der Waals surface area contributed by atoms with Crippen LogP contribution in [0, 0.1) is 5.82 Å². The lowest BCUT2D eigenvalue weighted by Crippen LogP contribution is -2.20. The highest BCUT2D eigenvalue weighted by Gasteiger charge is 2.05. The van der Waals surface area contributed by atoms with Crippen LogP contribution in [-0.4, -0.2) is 6.54 Å². The Kier molecular flexibility index (Phi) is 3.20. The molecule has 12 heavy (non-hydrogen) atoms. The summed E-state index contributed by atoms with van der Waals surface area (Å²) in [6.45, 7) is 0.315. The van der Waals surface area contributed by atoms with Crippen LogP contribution in [0.3, 0.4) is 0 Å². The number of halogens is 2. The Morgan fingerprint density at radius 1 is 1.42 bits per heavy atom. The average molecular weight is 233 g/mol. The number of hydrogen-bond donors (Lipinski definition) is 2. The van der Waals surface area contributed by atoms with E-state index in [0.29, 0.717) is 16.6 Å². The topological polar surface area (TPSA) is 52.0 Å². The van der Waals surface area contributed by atoms with Gasteiger partial charge in [0.15, 0.2) is 0 Å². The average Bonchev–Trinajstić information content (AvgIpc) is 2.01. The Bertz CT molecular complexity index is 258. The molecule has 1 rings (SSSR count). The van der Waals surface area contributed by atoms with E-state index < -0.39 is 0 Å². The van der Waals surface area contributed by atoms with Crippen molar-refractivity contribution in [1.82, 2.24) is 0 Å². The number of rotatable bonds is 2. The van der Waals surface area contributed by atoms with E-state index in [1.807, 2.05) is 0 Å². The molecule has 4 N–H and O–H groups in total. The third-order valence-electron chi connectivity index (χ3n) is 1.57. The van der Waals surface area contributed by atoms with E-state index in [1.54, 1.807) is 6.07 Å². The van der Waals surface area contributed by atoms with Gasteiger partial charge in [-0.05, 0) is 23.8 Å². The standard InChI is InChI=1S/C8H10BrFN2/c9-6-1-5(8(12)4-11)2-7(10)3-6/h1-3,8H,4,11-12H2/t8-/m1/s1. The lowest BCUT2D eigenvalue weighted by atomic mass is 10.1. The van der Waals surface area contributed by atoms with E-state index in [-0.39, 0.29) is 11.9 Å². The molecule has 66 valence electrons. The molecule has 0 unspecified atom stereocenters. The third kappa shape index (κ3) is 2.27. The predicted molar refractivity (Wildman–Crippen MR) is 50.1 cm³/mol.